The number of nitrogens with zero attached hydrogens (tertiary/aromatic N) is 2. The van der Waals surface area contributed by atoms with E-state index in [0.29, 0.717) is 17.8 Å². The number of aliphatic hydroxyl groups excluding tert-OH is 1. The van der Waals surface area contributed by atoms with E-state index in [1.54, 1.807) is 23.1 Å². The maximum Gasteiger partial charge on any atom is 0.258 e. The van der Waals surface area contributed by atoms with Crippen LogP contribution in [0.5, 0.6) is 0 Å². The highest BCUT2D eigenvalue weighted by Crippen LogP contribution is 2.18. The van der Waals surface area contributed by atoms with Crippen molar-refractivity contribution in [3.05, 3.63) is 83.2 Å². The fourth-order valence-corrected chi connectivity index (χ4v) is 2.43. The van der Waals surface area contributed by atoms with Gasteiger partial charge in [-0.1, -0.05) is 42.5 Å². The van der Waals surface area contributed by atoms with Gasteiger partial charge in [-0.05, 0) is 29.7 Å². The van der Waals surface area contributed by atoms with Crippen molar-refractivity contribution in [2.75, 3.05) is 5.32 Å². The molecule has 0 radical (unpaired) electrons. The summed E-state index contributed by atoms with van der Waals surface area (Å²) in [5, 5.41) is 16.3. The quantitative estimate of drug-likeness (QED) is 0.759. The van der Waals surface area contributed by atoms with E-state index in [1.165, 1.54) is 0 Å². The molecule has 1 heterocycles. The lowest BCUT2D eigenvalue weighted by Gasteiger charge is -2.09. The molecule has 3 aromatic rings. The Labute approximate surface area is 140 Å². The van der Waals surface area contributed by atoms with Crippen LogP contribution in [-0.4, -0.2) is 20.8 Å². The van der Waals surface area contributed by atoms with Crippen molar-refractivity contribution in [3.8, 4) is 0 Å². The topological polar surface area (TPSA) is 67.2 Å². The third-order valence-electron chi connectivity index (χ3n) is 3.82. The van der Waals surface area contributed by atoms with Crippen LogP contribution in [0.4, 0.5) is 5.69 Å². The Morgan fingerprint density at radius 3 is 2.71 bits per heavy atom. The SMILES string of the molecule is Cc1ccc(CO)cc1NC(=O)c1cnn(Cc2ccccc2)c1. The van der Waals surface area contributed by atoms with Crippen LogP contribution >= 0.6 is 0 Å². The van der Waals surface area contributed by atoms with Gasteiger partial charge in [0, 0.05) is 11.9 Å². The van der Waals surface area contributed by atoms with Crippen LogP contribution in [-0.2, 0) is 13.2 Å². The van der Waals surface area contributed by atoms with Crippen molar-refractivity contribution in [2.45, 2.75) is 20.1 Å². The number of hydrogen-bond acceptors (Lipinski definition) is 3. The zero-order valence-electron chi connectivity index (χ0n) is 13.4. The molecule has 5 nitrogen and oxygen atoms in total. The van der Waals surface area contributed by atoms with E-state index in [1.807, 2.05) is 49.4 Å². The maximum absolute atomic E-state index is 12.4. The first-order valence-electron chi connectivity index (χ1n) is 7.74. The van der Waals surface area contributed by atoms with E-state index >= 15 is 0 Å². The fourth-order valence-electron chi connectivity index (χ4n) is 2.43. The predicted molar refractivity (Wildman–Crippen MR) is 92.8 cm³/mol. The largest absolute Gasteiger partial charge is 0.392 e. The van der Waals surface area contributed by atoms with Gasteiger partial charge >= 0.3 is 0 Å². The molecule has 2 aromatic carbocycles. The smallest absolute Gasteiger partial charge is 0.258 e. The van der Waals surface area contributed by atoms with E-state index < -0.39 is 0 Å². The molecule has 3 rings (SSSR count). The van der Waals surface area contributed by atoms with Crippen LogP contribution in [0.2, 0.25) is 0 Å². The van der Waals surface area contributed by atoms with Crippen molar-refractivity contribution in [2.24, 2.45) is 0 Å². The first kappa shape index (κ1) is 16.0. The second-order valence-electron chi connectivity index (χ2n) is 5.67. The zero-order valence-corrected chi connectivity index (χ0v) is 13.4. The molecule has 0 atom stereocenters. The summed E-state index contributed by atoms with van der Waals surface area (Å²) in [6.07, 6.45) is 3.29. The zero-order chi connectivity index (χ0) is 16.9. The Balaban J connectivity index is 1.72. The lowest BCUT2D eigenvalue weighted by atomic mass is 10.1. The Kier molecular flexibility index (Phi) is 4.72. The molecule has 0 fully saturated rings. The number of hydrogen-bond donors (Lipinski definition) is 2. The lowest BCUT2D eigenvalue weighted by molar-refractivity contribution is 0.102. The van der Waals surface area contributed by atoms with Crippen molar-refractivity contribution in [3.63, 3.8) is 0 Å². The van der Waals surface area contributed by atoms with Gasteiger partial charge in [-0.3, -0.25) is 9.48 Å². The minimum atomic E-state index is -0.215. The lowest BCUT2D eigenvalue weighted by Crippen LogP contribution is -2.12. The number of aromatic nitrogens is 2. The van der Waals surface area contributed by atoms with Gasteiger partial charge in [0.05, 0.1) is 24.9 Å². The molecule has 0 aliphatic rings. The van der Waals surface area contributed by atoms with Crippen LogP contribution in [0.3, 0.4) is 0 Å². The molecule has 5 heteroatoms. The molecule has 0 aliphatic carbocycles. The standard InChI is InChI=1S/C19H19N3O2/c1-14-7-8-16(13-23)9-18(14)21-19(24)17-10-20-22(12-17)11-15-5-3-2-4-6-15/h2-10,12,23H,11,13H2,1H3,(H,21,24). The van der Waals surface area contributed by atoms with Gasteiger partial charge in [0.25, 0.3) is 5.91 Å². The summed E-state index contributed by atoms with van der Waals surface area (Å²) in [4.78, 5) is 12.4. The number of aryl methyl sites for hydroxylation is 1. The average molecular weight is 321 g/mol. The number of anilines is 1. The Morgan fingerprint density at radius 2 is 1.96 bits per heavy atom. The number of carbonyl (C=O) groups is 1. The third kappa shape index (κ3) is 3.70. The first-order valence-corrected chi connectivity index (χ1v) is 7.74. The fraction of sp³-hybridized carbons (Fsp3) is 0.158. The van der Waals surface area contributed by atoms with E-state index in [4.69, 9.17) is 0 Å². The number of amides is 1. The molecule has 0 spiro atoms. The molecule has 2 N–H and O–H groups in total. The van der Waals surface area contributed by atoms with Gasteiger partial charge in [-0.15, -0.1) is 0 Å². The highest BCUT2D eigenvalue weighted by molar-refractivity contribution is 6.04. The van der Waals surface area contributed by atoms with Crippen molar-refractivity contribution in [1.82, 2.24) is 9.78 Å². The van der Waals surface area contributed by atoms with Gasteiger partial charge in [0.2, 0.25) is 0 Å². The molecular formula is C19H19N3O2. The van der Waals surface area contributed by atoms with E-state index in [-0.39, 0.29) is 12.5 Å². The molecule has 1 aromatic heterocycles. The maximum atomic E-state index is 12.4. The highest BCUT2D eigenvalue weighted by Gasteiger charge is 2.11. The second kappa shape index (κ2) is 7.10. The molecule has 122 valence electrons. The number of carbonyl (C=O) groups excluding carboxylic acids is 1. The number of benzene rings is 2. The summed E-state index contributed by atoms with van der Waals surface area (Å²) in [5.41, 5.74) is 4.02. The van der Waals surface area contributed by atoms with Crippen LogP contribution in [0.15, 0.2) is 60.9 Å². The molecular weight excluding hydrogens is 302 g/mol. The summed E-state index contributed by atoms with van der Waals surface area (Å²) >= 11 is 0. The second-order valence-corrected chi connectivity index (χ2v) is 5.67. The molecule has 0 aliphatic heterocycles. The summed E-state index contributed by atoms with van der Waals surface area (Å²) < 4.78 is 1.74. The summed E-state index contributed by atoms with van der Waals surface area (Å²) in [6, 6.07) is 15.4. The van der Waals surface area contributed by atoms with Gasteiger partial charge in [0.1, 0.15) is 0 Å². The third-order valence-corrected chi connectivity index (χ3v) is 3.82. The van der Waals surface area contributed by atoms with Crippen LogP contribution in [0, 0.1) is 6.92 Å². The predicted octanol–water partition coefficient (Wildman–Crippen LogP) is 2.98. The first-order chi connectivity index (χ1) is 11.7. The van der Waals surface area contributed by atoms with Gasteiger partial charge in [-0.2, -0.15) is 5.10 Å². The molecule has 1 amide bonds. The van der Waals surface area contributed by atoms with E-state index in [0.717, 1.165) is 16.7 Å². The molecule has 0 saturated carbocycles. The van der Waals surface area contributed by atoms with Gasteiger partial charge < -0.3 is 10.4 Å². The normalized spacial score (nSPS) is 10.6. The molecule has 0 bridgehead atoms. The van der Waals surface area contributed by atoms with Crippen molar-refractivity contribution < 1.29 is 9.90 Å². The van der Waals surface area contributed by atoms with Crippen LogP contribution in [0.1, 0.15) is 27.0 Å². The Hall–Kier alpha value is -2.92. The monoisotopic (exact) mass is 321 g/mol. The van der Waals surface area contributed by atoms with Gasteiger partial charge in [0.15, 0.2) is 0 Å². The summed E-state index contributed by atoms with van der Waals surface area (Å²) in [6.45, 7) is 2.47. The highest BCUT2D eigenvalue weighted by atomic mass is 16.3. The van der Waals surface area contributed by atoms with Crippen molar-refractivity contribution in [1.29, 1.82) is 0 Å². The molecule has 24 heavy (non-hydrogen) atoms. The summed E-state index contributed by atoms with van der Waals surface area (Å²) in [7, 11) is 0. The van der Waals surface area contributed by atoms with Gasteiger partial charge in [-0.25, -0.2) is 0 Å². The molecule has 0 saturated heterocycles. The summed E-state index contributed by atoms with van der Waals surface area (Å²) in [5.74, 6) is -0.215. The van der Waals surface area contributed by atoms with E-state index in [9.17, 15) is 9.90 Å². The average Bonchev–Trinajstić information content (AvgIpc) is 3.06. The molecule has 0 unspecified atom stereocenters. The number of rotatable bonds is 5. The Bertz CT molecular complexity index is 841. The minimum Gasteiger partial charge on any atom is -0.392 e. The van der Waals surface area contributed by atoms with Crippen LogP contribution < -0.4 is 5.32 Å². The number of nitrogens with one attached hydrogen (secondary N) is 1. The minimum absolute atomic E-state index is 0.0574. The van der Waals surface area contributed by atoms with Crippen molar-refractivity contribution >= 4 is 11.6 Å². The number of aliphatic hydroxyl groups is 1. The van der Waals surface area contributed by atoms with E-state index in [2.05, 4.69) is 10.4 Å². The van der Waals surface area contributed by atoms with Crippen LogP contribution in [0.25, 0.3) is 0 Å². The Morgan fingerprint density at radius 1 is 1.17 bits per heavy atom.